The van der Waals surface area contributed by atoms with Crippen LogP contribution in [-0.4, -0.2) is 4.98 Å². The predicted molar refractivity (Wildman–Crippen MR) is 53.0 cm³/mol. The molecule has 0 fully saturated rings. The SMILES string of the molecule is Nc1ccc(Oc2nccs2)c(F)c1. The lowest BCUT2D eigenvalue weighted by Gasteiger charge is -2.03. The Bertz CT molecular complexity index is 430. The molecule has 14 heavy (non-hydrogen) atoms. The summed E-state index contributed by atoms with van der Waals surface area (Å²) in [5.74, 6) is -0.352. The molecule has 0 unspecified atom stereocenters. The molecule has 0 aliphatic rings. The third-order valence-corrected chi connectivity index (χ3v) is 2.21. The molecule has 3 nitrogen and oxygen atoms in total. The Morgan fingerprint density at radius 1 is 1.43 bits per heavy atom. The molecule has 0 aliphatic heterocycles. The molecule has 0 bridgehead atoms. The van der Waals surface area contributed by atoms with Gasteiger partial charge in [-0.25, -0.2) is 9.37 Å². The van der Waals surface area contributed by atoms with Gasteiger partial charge >= 0.3 is 0 Å². The fraction of sp³-hybridized carbons (Fsp3) is 0. The van der Waals surface area contributed by atoms with E-state index in [1.807, 2.05) is 0 Å². The first-order valence-electron chi connectivity index (χ1n) is 3.88. The maximum absolute atomic E-state index is 13.2. The second-order valence-electron chi connectivity index (χ2n) is 2.59. The first-order valence-corrected chi connectivity index (χ1v) is 4.76. The molecule has 0 atom stereocenters. The van der Waals surface area contributed by atoms with Crippen LogP contribution in [-0.2, 0) is 0 Å². The molecule has 5 heteroatoms. The van der Waals surface area contributed by atoms with Gasteiger partial charge in [-0.15, -0.1) is 0 Å². The highest BCUT2D eigenvalue weighted by atomic mass is 32.1. The largest absolute Gasteiger partial charge is 0.428 e. The van der Waals surface area contributed by atoms with Gasteiger partial charge in [0.15, 0.2) is 11.6 Å². The van der Waals surface area contributed by atoms with Crippen LogP contribution in [0, 0.1) is 5.82 Å². The lowest BCUT2D eigenvalue weighted by Crippen LogP contribution is -1.90. The van der Waals surface area contributed by atoms with Crippen molar-refractivity contribution in [2.24, 2.45) is 0 Å². The molecular weight excluding hydrogens is 203 g/mol. The zero-order chi connectivity index (χ0) is 9.97. The van der Waals surface area contributed by atoms with E-state index in [1.165, 1.54) is 23.5 Å². The van der Waals surface area contributed by atoms with Crippen molar-refractivity contribution >= 4 is 17.0 Å². The number of rotatable bonds is 2. The lowest BCUT2D eigenvalue weighted by atomic mass is 10.3. The molecule has 2 N–H and O–H groups in total. The van der Waals surface area contributed by atoms with Crippen molar-refractivity contribution in [2.45, 2.75) is 0 Å². The van der Waals surface area contributed by atoms with Gasteiger partial charge in [-0.05, 0) is 12.1 Å². The maximum Gasteiger partial charge on any atom is 0.278 e. The van der Waals surface area contributed by atoms with E-state index in [9.17, 15) is 4.39 Å². The summed E-state index contributed by atoms with van der Waals surface area (Å²) in [5, 5.41) is 2.17. The topological polar surface area (TPSA) is 48.1 Å². The van der Waals surface area contributed by atoms with Gasteiger partial charge in [0.05, 0.1) is 0 Å². The summed E-state index contributed by atoms with van der Waals surface area (Å²) in [4.78, 5) is 3.87. The third kappa shape index (κ3) is 1.82. The number of halogens is 1. The molecule has 0 saturated heterocycles. The number of nitrogen functional groups attached to an aromatic ring is 1. The minimum atomic E-state index is -0.486. The van der Waals surface area contributed by atoms with Gasteiger partial charge in [-0.1, -0.05) is 11.3 Å². The van der Waals surface area contributed by atoms with Crippen molar-refractivity contribution in [3.05, 3.63) is 35.6 Å². The number of hydrogen-bond acceptors (Lipinski definition) is 4. The van der Waals surface area contributed by atoms with Crippen LogP contribution in [0.4, 0.5) is 10.1 Å². The molecule has 2 rings (SSSR count). The highest BCUT2D eigenvalue weighted by Gasteiger charge is 2.05. The van der Waals surface area contributed by atoms with Crippen LogP contribution in [0.25, 0.3) is 0 Å². The molecule has 2 aromatic rings. The molecule has 1 aromatic carbocycles. The van der Waals surface area contributed by atoms with Crippen molar-refractivity contribution < 1.29 is 9.13 Å². The first kappa shape index (κ1) is 8.96. The van der Waals surface area contributed by atoms with Gasteiger partial charge in [-0.2, -0.15) is 0 Å². The van der Waals surface area contributed by atoms with E-state index in [-0.39, 0.29) is 5.75 Å². The Hall–Kier alpha value is -1.62. The van der Waals surface area contributed by atoms with E-state index < -0.39 is 5.82 Å². The molecule has 0 amide bonds. The first-order chi connectivity index (χ1) is 6.75. The van der Waals surface area contributed by atoms with Crippen molar-refractivity contribution in [1.29, 1.82) is 0 Å². The zero-order valence-electron chi connectivity index (χ0n) is 7.11. The summed E-state index contributed by atoms with van der Waals surface area (Å²) in [5.41, 5.74) is 5.76. The number of hydrogen-bond donors (Lipinski definition) is 1. The zero-order valence-corrected chi connectivity index (χ0v) is 7.92. The summed E-state index contributed by atoms with van der Waals surface area (Å²) < 4.78 is 18.4. The highest BCUT2D eigenvalue weighted by Crippen LogP contribution is 2.26. The van der Waals surface area contributed by atoms with E-state index in [2.05, 4.69) is 4.98 Å². The van der Waals surface area contributed by atoms with Crippen LogP contribution in [0.5, 0.6) is 10.9 Å². The average molecular weight is 210 g/mol. The Morgan fingerprint density at radius 2 is 2.29 bits per heavy atom. The predicted octanol–water partition coefficient (Wildman–Crippen LogP) is 2.66. The molecule has 1 aromatic heterocycles. The standard InChI is InChI=1S/C9H7FN2OS/c10-7-5-6(11)1-2-8(7)13-9-12-3-4-14-9/h1-5H,11H2. The Morgan fingerprint density at radius 3 is 2.93 bits per heavy atom. The Balaban J connectivity index is 2.25. The van der Waals surface area contributed by atoms with E-state index in [0.717, 1.165) is 0 Å². The van der Waals surface area contributed by atoms with Crippen LogP contribution in [0.1, 0.15) is 0 Å². The number of thiazole rings is 1. The van der Waals surface area contributed by atoms with Crippen molar-refractivity contribution in [3.8, 4) is 10.9 Å². The Kier molecular flexibility index (Phi) is 2.32. The van der Waals surface area contributed by atoms with Crippen LogP contribution in [0.3, 0.4) is 0 Å². The fourth-order valence-electron chi connectivity index (χ4n) is 0.955. The number of nitrogens with zero attached hydrogens (tertiary/aromatic N) is 1. The van der Waals surface area contributed by atoms with Gasteiger partial charge in [-0.3, -0.25) is 0 Å². The number of nitrogens with two attached hydrogens (primary N) is 1. The maximum atomic E-state index is 13.2. The molecule has 0 spiro atoms. The van der Waals surface area contributed by atoms with E-state index in [1.54, 1.807) is 17.6 Å². The molecule has 0 saturated carbocycles. The van der Waals surface area contributed by atoms with Gasteiger partial charge in [0.2, 0.25) is 0 Å². The van der Waals surface area contributed by atoms with Gasteiger partial charge in [0.1, 0.15) is 0 Å². The van der Waals surface area contributed by atoms with Crippen LogP contribution in [0.2, 0.25) is 0 Å². The van der Waals surface area contributed by atoms with Gasteiger partial charge < -0.3 is 10.5 Å². The third-order valence-electron chi connectivity index (χ3n) is 1.56. The smallest absolute Gasteiger partial charge is 0.278 e. The minimum Gasteiger partial charge on any atom is -0.428 e. The Labute approximate surface area is 84.0 Å². The van der Waals surface area contributed by atoms with E-state index in [0.29, 0.717) is 10.9 Å². The summed E-state index contributed by atoms with van der Waals surface area (Å²) >= 11 is 1.30. The number of benzene rings is 1. The highest BCUT2D eigenvalue weighted by molar-refractivity contribution is 7.11. The average Bonchev–Trinajstić information content (AvgIpc) is 2.62. The van der Waals surface area contributed by atoms with Crippen molar-refractivity contribution in [2.75, 3.05) is 5.73 Å². The molecule has 0 radical (unpaired) electrons. The molecule has 0 aliphatic carbocycles. The van der Waals surface area contributed by atoms with Crippen LogP contribution in [0.15, 0.2) is 29.8 Å². The molecule has 1 heterocycles. The second kappa shape index (κ2) is 3.63. The quantitative estimate of drug-likeness (QED) is 0.775. The number of anilines is 1. The van der Waals surface area contributed by atoms with Crippen molar-refractivity contribution in [3.63, 3.8) is 0 Å². The minimum absolute atomic E-state index is 0.133. The van der Waals surface area contributed by atoms with Crippen LogP contribution < -0.4 is 10.5 Å². The summed E-state index contributed by atoms with van der Waals surface area (Å²) in [6.45, 7) is 0. The summed E-state index contributed by atoms with van der Waals surface area (Å²) in [6.07, 6.45) is 1.59. The van der Waals surface area contributed by atoms with E-state index in [4.69, 9.17) is 10.5 Å². The van der Waals surface area contributed by atoms with Crippen LogP contribution >= 0.6 is 11.3 Å². The molecule has 72 valence electrons. The van der Waals surface area contributed by atoms with Gasteiger partial charge in [0, 0.05) is 23.3 Å². The fourth-order valence-corrected chi connectivity index (χ4v) is 1.45. The van der Waals surface area contributed by atoms with E-state index >= 15 is 0 Å². The second-order valence-corrected chi connectivity index (χ2v) is 3.45. The number of aromatic nitrogens is 1. The number of ether oxygens (including phenoxy) is 1. The lowest BCUT2D eigenvalue weighted by molar-refractivity contribution is 0.440. The monoisotopic (exact) mass is 210 g/mol. The normalized spacial score (nSPS) is 10.1. The summed E-state index contributed by atoms with van der Waals surface area (Å²) in [6, 6.07) is 4.26. The molecular formula is C9H7FN2OS. The van der Waals surface area contributed by atoms with Crippen molar-refractivity contribution in [1.82, 2.24) is 4.98 Å². The summed E-state index contributed by atoms with van der Waals surface area (Å²) in [7, 11) is 0. The van der Waals surface area contributed by atoms with Gasteiger partial charge in [0.25, 0.3) is 5.19 Å².